The number of imide groups is 2. The highest BCUT2D eigenvalue weighted by atomic mass is 79.9. The van der Waals surface area contributed by atoms with Gasteiger partial charge < -0.3 is 5.11 Å². The Balaban J connectivity index is 1.13. The van der Waals surface area contributed by atoms with Crippen LogP contribution in [0.25, 0.3) is 0 Å². The normalized spacial score (nSPS) is 30.7. The molecule has 6 atom stereocenters. The number of rotatable bonds is 5. The van der Waals surface area contributed by atoms with Crippen LogP contribution in [0.4, 0.5) is 5.69 Å². The molecular formula is C39H38BrN3O5. The van der Waals surface area contributed by atoms with Gasteiger partial charge in [0.05, 0.1) is 28.9 Å². The second-order valence-corrected chi connectivity index (χ2v) is 15.2. The number of carbonyl (C=O) groups excluding carboxylic acids is 4. The van der Waals surface area contributed by atoms with Gasteiger partial charge >= 0.3 is 0 Å². The first-order valence-corrected chi connectivity index (χ1v) is 17.7. The van der Waals surface area contributed by atoms with E-state index in [9.17, 15) is 24.3 Å². The van der Waals surface area contributed by atoms with E-state index in [1.165, 1.54) is 10.5 Å². The Bertz CT molecular complexity index is 1840. The van der Waals surface area contributed by atoms with Crippen LogP contribution < -0.4 is 4.90 Å². The molecule has 2 aliphatic carbocycles. The number of allylic oxidation sites excluding steroid dienone is 2. The second-order valence-electron chi connectivity index (χ2n) is 14.2. The van der Waals surface area contributed by atoms with Gasteiger partial charge in [-0.2, -0.15) is 0 Å². The van der Waals surface area contributed by atoms with Crippen LogP contribution in [-0.4, -0.2) is 57.7 Å². The van der Waals surface area contributed by atoms with Gasteiger partial charge in [-0.3, -0.25) is 29.0 Å². The maximum Gasteiger partial charge on any atom is 0.241 e. The van der Waals surface area contributed by atoms with Gasteiger partial charge in [0.15, 0.2) is 0 Å². The topological polar surface area (TPSA) is 98.2 Å². The van der Waals surface area contributed by atoms with Crippen molar-refractivity contribution in [1.82, 2.24) is 9.80 Å². The Morgan fingerprint density at radius 3 is 2.25 bits per heavy atom. The zero-order valence-electron chi connectivity index (χ0n) is 26.8. The van der Waals surface area contributed by atoms with Crippen LogP contribution in [0.3, 0.4) is 0 Å². The van der Waals surface area contributed by atoms with Crippen molar-refractivity contribution in [3.05, 3.63) is 106 Å². The lowest BCUT2D eigenvalue weighted by Gasteiger charge is -2.49. The highest BCUT2D eigenvalue weighted by Crippen LogP contribution is 2.64. The summed E-state index contributed by atoms with van der Waals surface area (Å²) in [6.45, 7) is 4.28. The molecule has 3 aromatic rings. The third-order valence-electron chi connectivity index (χ3n) is 11.8. The number of carbonyl (C=O) groups is 4. The molecule has 1 N–H and O–H groups in total. The number of para-hydroxylation sites is 1. The van der Waals surface area contributed by atoms with Gasteiger partial charge in [0.1, 0.15) is 5.75 Å². The standard InChI is InChI=1S/C39H38BrN3O5/c1-39-31(36(46)43(38(39)48)25-10-6-3-7-11-25)21-29-27(34(39)30-20-24(40)12-15-32(30)44)13-14-28-33(29)37(47)42(35(28)45)26-16-18-41(19-17-26)22-23-8-4-2-5-9-23/h2-13,15,20,26,28-29,31,33-34,44H,14,16-19,21-22H2,1H3/t28-,29+,31-,33-,34+,39+/m0/s1. The molecule has 3 heterocycles. The van der Waals surface area contributed by atoms with E-state index >= 15 is 0 Å². The quantitative estimate of drug-likeness (QED) is 0.256. The average molecular weight is 709 g/mol. The number of hydrogen-bond acceptors (Lipinski definition) is 6. The van der Waals surface area contributed by atoms with Crippen LogP contribution in [0.2, 0.25) is 0 Å². The zero-order valence-corrected chi connectivity index (χ0v) is 28.4. The predicted molar refractivity (Wildman–Crippen MR) is 183 cm³/mol. The lowest BCUT2D eigenvalue weighted by atomic mass is 9.51. The number of phenols is 1. The van der Waals surface area contributed by atoms with E-state index in [2.05, 4.69) is 33.0 Å². The SMILES string of the molecule is C[C@@]12C(=O)N(c3ccccc3)C(=O)[C@@H]1C[C@@H]1C(=CC[C@@H]3C(=O)N(C4CCN(Cc5ccccc5)CC4)C(=O)[C@@H]31)[C@@H]2c1cc(Br)ccc1O. The summed E-state index contributed by atoms with van der Waals surface area (Å²) >= 11 is 3.55. The lowest BCUT2D eigenvalue weighted by molar-refractivity contribution is -0.144. The van der Waals surface area contributed by atoms with Crippen LogP contribution in [0.1, 0.15) is 49.7 Å². The summed E-state index contributed by atoms with van der Waals surface area (Å²) in [5.74, 6) is -3.73. The van der Waals surface area contributed by atoms with Crippen LogP contribution in [0, 0.1) is 29.1 Å². The largest absolute Gasteiger partial charge is 0.508 e. The molecule has 9 heteroatoms. The molecule has 1 saturated carbocycles. The fourth-order valence-electron chi connectivity index (χ4n) is 9.50. The number of benzene rings is 3. The number of likely N-dealkylation sites (tertiary alicyclic amines) is 2. The first-order valence-electron chi connectivity index (χ1n) is 16.9. The lowest BCUT2D eigenvalue weighted by Crippen LogP contribution is -2.49. The van der Waals surface area contributed by atoms with E-state index in [-0.39, 0.29) is 35.4 Å². The fraction of sp³-hybridized carbons (Fsp3) is 0.385. The maximum absolute atomic E-state index is 14.5. The number of nitrogens with zero attached hydrogens (tertiary/aromatic N) is 3. The molecule has 8 nitrogen and oxygen atoms in total. The van der Waals surface area contributed by atoms with E-state index in [0.29, 0.717) is 24.1 Å². The molecule has 3 aromatic carbocycles. The van der Waals surface area contributed by atoms with E-state index in [1.807, 2.05) is 43.3 Å². The fourth-order valence-corrected chi connectivity index (χ4v) is 9.88. The number of fused-ring (bicyclic) bond motifs is 4. The van der Waals surface area contributed by atoms with Gasteiger partial charge in [0.2, 0.25) is 23.6 Å². The Hall–Kier alpha value is -4.08. The molecule has 0 aromatic heterocycles. The maximum atomic E-state index is 14.5. The molecule has 0 bridgehead atoms. The summed E-state index contributed by atoms with van der Waals surface area (Å²) in [7, 11) is 0. The van der Waals surface area contributed by atoms with Crippen molar-refractivity contribution in [2.24, 2.45) is 29.1 Å². The molecule has 48 heavy (non-hydrogen) atoms. The predicted octanol–water partition coefficient (Wildman–Crippen LogP) is 6.05. The number of hydrogen-bond donors (Lipinski definition) is 1. The van der Waals surface area contributed by atoms with Gasteiger partial charge in [0.25, 0.3) is 0 Å². The molecule has 0 radical (unpaired) electrons. The molecule has 5 aliphatic rings. The number of phenolic OH excluding ortho intramolecular Hbond substituents is 1. The zero-order chi connectivity index (χ0) is 33.3. The molecule has 4 fully saturated rings. The van der Waals surface area contributed by atoms with Crippen LogP contribution in [-0.2, 0) is 25.7 Å². The van der Waals surface area contributed by atoms with E-state index in [0.717, 1.165) is 42.5 Å². The van der Waals surface area contributed by atoms with Crippen molar-refractivity contribution in [2.45, 2.75) is 51.1 Å². The van der Waals surface area contributed by atoms with Crippen molar-refractivity contribution < 1.29 is 24.3 Å². The molecular weight excluding hydrogens is 670 g/mol. The summed E-state index contributed by atoms with van der Waals surface area (Å²) in [6, 6.07) is 24.3. The highest BCUT2D eigenvalue weighted by Gasteiger charge is 2.68. The van der Waals surface area contributed by atoms with Crippen molar-refractivity contribution in [3.8, 4) is 5.75 Å². The van der Waals surface area contributed by atoms with Crippen molar-refractivity contribution in [1.29, 1.82) is 0 Å². The smallest absolute Gasteiger partial charge is 0.241 e. The van der Waals surface area contributed by atoms with E-state index in [4.69, 9.17) is 0 Å². The monoisotopic (exact) mass is 707 g/mol. The van der Waals surface area contributed by atoms with Gasteiger partial charge in [0, 0.05) is 41.6 Å². The highest BCUT2D eigenvalue weighted by molar-refractivity contribution is 9.10. The van der Waals surface area contributed by atoms with Crippen molar-refractivity contribution in [2.75, 3.05) is 18.0 Å². The second kappa shape index (κ2) is 11.8. The number of piperidine rings is 1. The first-order chi connectivity index (χ1) is 23.2. The number of amides is 4. The summed E-state index contributed by atoms with van der Waals surface area (Å²) in [6.07, 6.45) is 4.18. The molecule has 0 unspecified atom stereocenters. The molecule has 4 amide bonds. The summed E-state index contributed by atoms with van der Waals surface area (Å²) in [4.78, 5) is 62.6. The molecule has 3 saturated heterocycles. The Kier molecular flexibility index (Phi) is 7.68. The summed E-state index contributed by atoms with van der Waals surface area (Å²) in [5, 5.41) is 11.3. The molecule has 8 rings (SSSR count). The minimum atomic E-state index is -1.20. The molecule has 246 valence electrons. The minimum absolute atomic E-state index is 0.0305. The summed E-state index contributed by atoms with van der Waals surface area (Å²) < 4.78 is 0.737. The van der Waals surface area contributed by atoms with Gasteiger partial charge in [-0.1, -0.05) is 76.1 Å². The van der Waals surface area contributed by atoms with Crippen LogP contribution >= 0.6 is 15.9 Å². The Labute approximate surface area is 288 Å². The number of halogens is 1. The molecule has 0 spiro atoms. The van der Waals surface area contributed by atoms with Crippen LogP contribution in [0.15, 0.2) is 95.0 Å². The van der Waals surface area contributed by atoms with Crippen molar-refractivity contribution >= 4 is 45.2 Å². The van der Waals surface area contributed by atoms with Crippen molar-refractivity contribution in [3.63, 3.8) is 0 Å². The average Bonchev–Trinajstić information content (AvgIpc) is 3.46. The Morgan fingerprint density at radius 1 is 0.854 bits per heavy atom. The van der Waals surface area contributed by atoms with Gasteiger partial charge in [-0.15, -0.1) is 0 Å². The first kappa shape index (κ1) is 31.2. The minimum Gasteiger partial charge on any atom is -0.508 e. The van der Waals surface area contributed by atoms with Gasteiger partial charge in [-0.25, -0.2) is 4.90 Å². The Morgan fingerprint density at radius 2 is 1.54 bits per heavy atom. The summed E-state index contributed by atoms with van der Waals surface area (Å²) in [5.41, 5.74) is 1.97. The third-order valence-corrected chi connectivity index (χ3v) is 12.3. The van der Waals surface area contributed by atoms with E-state index < -0.39 is 35.0 Å². The number of anilines is 1. The van der Waals surface area contributed by atoms with Gasteiger partial charge in [-0.05, 0) is 74.4 Å². The van der Waals surface area contributed by atoms with E-state index in [1.54, 1.807) is 41.3 Å². The van der Waals surface area contributed by atoms with Crippen LogP contribution in [0.5, 0.6) is 5.75 Å². The molecule has 3 aliphatic heterocycles. The number of aromatic hydroxyl groups is 1. The third kappa shape index (κ3) is 4.72.